The summed E-state index contributed by atoms with van der Waals surface area (Å²) in [6, 6.07) is 0.436. The molecule has 0 aromatic heterocycles. The molecule has 0 aliphatic heterocycles. The van der Waals surface area contributed by atoms with E-state index in [9.17, 15) is 8.78 Å². The lowest BCUT2D eigenvalue weighted by molar-refractivity contribution is 0.0769. The van der Waals surface area contributed by atoms with Crippen LogP contribution in [0.3, 0.4) is 0 Å². The fourth-order valence-corrected chi connectivity index (χ4v) is 1.70. The highest BCUT2D eigenvalue weighted by atomic mass is 19.3. The van der Waals surface area contributed by atoms with E-state index in [-0.39, 0.29) is 12.0 Å². The molecule has 0 saturated heterocycles. The zero-order chi connectivity index (χ0) is 12.8. The van der Waals surface area contributed by atoms with Crippen molar-refractivity contribution in [1.29, 1.82) is 0 Å². The lowest BCUT2D eigenvalue weighted by Crippen LogP contribution is -2.43. The first-order chi connectivity index (χ1) is 7.29. The minimum absolute atomic E-state index is 0.0634. The highest BCUT2D eigenvalue weighted by molar-refractivity contribution is 4.79. The third-order valence-electron chi connectivity index (χ3n) is 2.89. The Hall–Kier alpha value is -0.220. The first-order valence-electron chi connectivity index (χ1n) is 5.99. The number of nitrogens with zero attached hydrogens (tertiary/aromatic N) is 1. The number of hydrogen-bond donors (Lipinski definition) is 1. The van der Waals surface area contributed by atoms with Gasteiger partial charge in [-0.05, 0) is 18.9 Å². The van der Waals surface area contributed by atoms with E-state index in [1.54, 1.807) is 11.9 Å². The van der Waals surface area contributed by atoms with E-state index in [0.717, 1.165) is 13.0 Å². The molecule has 0 aromatic carbocycles. The van der Waals surface area contributed by atoms with Gasteiger partial charge in [-0.15, -0.1) is 0 Å². The van der Waals surface area contributed by atoms with E-state index >= 15 is 0 Å². The summed E-state index contributed by atoms with van der Waals surface area (Å²) < 4.78 is 24.4. The highest BCUT2D eigenvalue weighted by Crippen LogP contribution is 2.21. The van der Waals surface area contributed by atoms with E-state index in [4.69, 9.17) is 0 Å². The third kappa shape index (κ3) is 7.12. The van der Waals surface area contributed by atoms with E-state index in [0.29, 0.717) is 12.6 Å². The molecule has 1 N–H and O–H groups in total. The largest absolute Gasteiger partial charge is 0.314 e. The zero-order valence-corrected chi connectivity index (χ0v) is 11.2. The van der Waals surface area contributed by atoms with Crippen LogP contribution in [0.5, 0.6) is 0 Å². The first-order valence-corrected chi connectivity index (χ1v) is 5.99. The van der Waals surface area contributed by atoms with Crippen molar-refractivity contribution in [2.45, 2.75) is 46.6 Å². The molecule has 1 atom stereocenters. The summed E-state index contributed by atoms with van der Waals surface area (Å²) in [6.45, 7) is 9.88. The summed E-state index contributed by atoms with van der Waals surface area (Å²) in [5.41, 5.74) is 0.0634. The van der Waals surface area contributed by atoms with Gasteiger partial charge in [0, 0.05) is 19.1 Å². The van der Waals surface area contributed by atoms with Crippen LogP contribution in [0.15, 0.2) is 0 Å². The minimum atomic E-state index is -2.25. The fraction of sp³-hybridized carbons (Fsp3) is 1.00. The van der Waals surface area contributed by atoms with Crippen LogP contribution < -0.4 is 5.32 Å². The molecule has 0 fully saturated rings. The Bertz CT molecular complexity index is 186. The molecule has 0 aromatic rings. The molecule has 0 radical (unpaired) electrons. The third-order valence-corrected chi connectivity index (χ3v) is 2.89. The molecule has 0 heterocycles. The van der Waals surface area contributed by atoms with Crippen LogP contribution in [0.2, 0.25) is 0 Å². The summed E-state index contributed by atoms with van der Waals surface area (Å²) in [6.07, 6.45) is -1.26. The Balaban J connectivity index is 4.13. The maximum absolute atomic E-state index is 12.2. The SMILES string of the molecule is CCC(C)(CNC(C)C)CN(C)CC(F)F. The molecule has 16 heavy (non-hydrogen) atoms. The van der Waals surface area contributed by atoms with Gasteiger partial charge in [-0.3, -0.25) is 0 Å². The summed E-state index contributed by atoms with van der Waals surface area (Å²) in [5.74, 6) is 0. The quantitative estimate of drug-likeness (QED) is 0.697. The highest BCUT2D eigenvalue weighted by Gasteiger charge is 2.24. The molecule has 0 spiro atoms. The van der Waals surface area contributed by atoms with Gasteiger partial charge >= 0.3 is 0 Å². The fourth-order valence-electron chi connectivity index (χ4n) is 1.70. The maximum atomic E-state index is 12.2. The van der Waals surface area contributed by atoms with Gasteiger partial charge in [0.1, 0.15) is 0 Å². The molecule has 4 heteroatoms. The molecule has 0 bridgehead atoms. The number of rotatable bonds is 8. The van der Waals surface area contributed by atoms with Crippen LogP contribution in [0.4, 0.5) is 8.78 Å². The number of halogens is 2. The predicted octanol–water partition coefficient (Wildman–Crippen LogP) is 2.60. The summed E-state index contributed by atoms with van der Waals surface area (Å²) in [4.78, 5) is 1.72. The Labute approximate surface area is 98.4 Å². The van der Waals surface area contributed by atoms with Gasteiger partial charge in [0.2, 0.25) is 0 Å². The Morgan fingerprint density at radius 1 is 1.31 bits per heavy atom. The van der Waals surface area contributed by atoms with Crippen LogP contribution in [0.1, 0.15) is 34.1 Å². The van der Waals surface area contributed by atoms with Crippen molar-refractivity contribution < 1.29 is 8.78 Å². The van der Waals surface area contributed by atoms with Gasteiger partial charge < -0.3 is 10.2 Å². The maximum Gasteiger partial charge on any atom is 0.251 e. The molecule has 1 unspecified atom stereocenters. The van der Waals surface area contributed by atoms with Gasteiger partial charge in [0.15, 0.2) is 0 Å². The summed E-state index contributed by atoms with van der Waals surface area (Å²) in [5, 5.41) is 3.38. The van der Waals surface area contributed by atoms with Crippen LogP contribution in [0.25, 0.3) is 0 Å². The van der Waals surface area contributed by atoms with Crippen molar-refractivity contribution >= 4 is 0 Å². The van der Waals surface area contributed by atoms with Gasteiger partial charge in [0.05, 0.1) is 6.54 Å². The van der Waals surface area contributed by atoms with Crippen LogP contribution in [0, 0.1) is 5.41 Å². The lowest BCUT2D eigenvalue weighted by atomic mass is 9.86. The van der Waals surface area contributed by atoms with Crippen molar-refractivity contribution in [3.05, 3.63) is 0 Å². The summed E-state index contributed by atoms with van der Waals surface area (Å²) in [7, 11) is 1.76. The number of alkyl halides is 2. The van der Waals surface area contributed by atoms with Crippen molar-refractivity contribution in [2.24, 2.45) is 5.41 Å². The van der Waals surface area contributed by atoms with Gasteiger partial charge in [-0.1, -0.05) is 27.7 Å². The van der Waals surface area contributed by atoms with E-state index in [1.807, 2.05) is 0 Å². The van der Waals surface area contributed by atoms with E-state index in [1.165, 1.54) is 0 Å². The smallest absolute Gasteiger partial charge is 0.251 e. The lowest BCUT2D eigenvalue weighted by Gasteiger charge is -2.34. The van der Waals surface area contributed by atoms with Crippen LogP contribution >= 0.6 is 0 Å². The second-order valence-electron chi connectivity index (χ2n) is 5.29. The number of nitrogens with one attached hydrogen (secondary N) is 1. The monoisotopic (exact) mass is 236 g/mol. The zero-order valence-electron chi connectivity index (χ0n) is 11.2. The first kappa shape index (κ1) is 15.8. The normalized spacial score (nSPS) is 16.1. The molecule has 0 saturated carbocycles. The van der Waals surface area contributed by atoms with Gasteiger partial charge in [-0.2, -0.15) is 0 Å². The molecule has 0 aliphatic carbocycles. The molecule has 2 nitrogen and oxygen atoms in total. The number of hydrogen-bond acceptors (Lipinski definition) is 2. The average molecular weight is 236 g/mol. The van der Waals surface area contributed by atoms with Crippen molar-refractivity contribution in [1.82, 2.24) is 10.2 Å². The van der Waals surface area contributed by atoms with Crippen molar-refractivity contribution in [3.8, 4) is 0 Å². The Kier molecular flexibility index (Phi) is 7.07. The van der Waals surface area contributed by atoms with E-state index in [2.05, 4.69) is 33.0 Å². The second kappa shape index (κ2) is 7.17. The summed E-state index contributed by atoms with van der Waals surface area (Å²) >= 11 is 0. The Morgan fingerprint density at radius 2 is 1.88 bits per heavy atom. The average Bonchev–Trinajstić information content (AvgIpc) is 2.13. The predicted molar refractivity (Wildman–Crippen MR) is 65.0 cm³/mol. The molecule has 0 aliphatic rings. The van der Waals surface area contributed by atoms with Crippen LogP contribution in [-0.4, -0.2) is 44.0 Å². The van der Waals surface area contributed by atoms with E-state index < -0.39 is 6.43 Å². The molecule has 0 amide bonds. The molecule has 98 valence electrons. The van der Waals surface area contributed by atoms with Crippen molar-refractivity contribution in [3.63, 3.8) is 0 Å². The van der Waals surface area contributed by atoms with Crippen LogP contribution in [-0.2, 0) is 0 Å². The standard InChI is InChI=1S/C12H26F2N2/c1-6-12(4,8-15-10(2)3)9-16(5)7-11(13)14/h10-11,15H,6-9H2,1-5H3. The topological polar surface area (TPSA) is 15.3 Å². The Morgan fingerprint density at radius 3 is 2.25 bits per heavy atom. The second-order valence-corrected chi connectivity index (χ2v) is 5.29. The van der Waals surface area contributed by atoms with Gasteiger partial charge in [0.25, 0.3) is 6.43 Å². The molecule has 0 rings (SSSR count). The van der Waals surface area contributed by atoms with Gasteiger partial charge in [-0.25, -0.2) is 8.78 Å². The molecular formula is C12H26F2N2. The molecular weight excluding hydrogens is 210 g/mol. The minimum Gasteiger partial charge on any atom is -0.314 e. The van der Waals surface area contributed by atoms with Crippen molar-refractivity contribution in [2.75, 3.05) is 26.7 Å².